The first-order chi connectivity index (χ1) is 14.2. The van der Waals surface area contributed by atoms with Crippen molar-refractivity contribution in [1.82, 2.24) is 10.7 Å². The Morgan fingerprint density at radius 1 is 0.931 bits per heavy atom. The first kappa shape index (κ1) is 18.2. The zero-order valence-corrected chi connectivity index (χ0v) is 16.5. The fraction of sp³-hybridized carbons (Fsp3) is 0.417. The highest BCUT2D eigenvalue weighted by molar-refractivity contribution is 5.82. The molecule has 4 fully saturated rings. The van der Waals surface area contributed by atoms with Gasteiger partial charge in [-0.1, -0.05) is 30.3 Å². The molecule has 0 heterocycles. The van der Waals surface area contributed by atoms with Gasteiger partial charge in [0, 0.05) is 5.54 Å². The van der Waals surface area contributed by atoms with Crippen LogP contribution in [-0.2, 0) is 0 Å². The largest absolute Gasteiger partial charge is 0.457 e. The molecule has 4 aliphatic rings. The highest BCUT2D eigenvalue weighted by Gasteiger charge is 2.51. The molecule has 5 nitrogen and oxygen atoms in total. The van der Waals surface area contributed by atoms with Crippen LogP contribution in [0.25, 0.3) is 0 Å². The maximum absolute atomic E-state index is 12.5. The van der Waals surface area contributed by atoms with E-state index in [9.17, 15) is 4.79 Å². The highest BCUT2D eigenvalue weighted by Crippen LogP contribution is 2.55. The number of hydrogen-bond donors (Lipinski definition) is 2. The summed E-state index contributed by atoms with van der Waals surface area (Å²) < 4.78 is 5.84. The third-order valence-corrected chi connectivity index (χ3v) is 6.63. The van der Waals surface area contributed by atoms with E-state index in [2.05, 4.69) is 15.8 Å². The zero-order valence-electron chi connectivity index (χ0n) is 16.5. The highest BCUT2D eigenvalue weighted by atomic mass is 16.5. The summed E-state index contributed by atoms with van der Waals surface area (Å²) in [5, 5.41) is 7.41. The van der Waals surface area contributed by atoms with E-state index in [0.29, 0.717) is 0 Å². The summed E-state index contributed by atoms with van der Waals surface area (Å²) in [6, 6.07) is 17.1. The third kappa shape index (κ3) is 4.14. The normalized spacial score (nSPS) is 29.7. The Bertz CT molecular complexity index is 874. The fourth-order valence-electron chi connectivity index (χ4n) is 5.98. The second-order valence-electron chi connectivity index (χ2n) is 9.01. The summed E-state index contributed by atoms with van der Waals surface area (Å²) >= 11 is 0. The molecule has 6 rings (SSSR count). The smallest absolute Gasteiger partial charge is 0.335 e. The van der Waals surface area contributed by atoms with Crippen molar-refractivity contribution in [2.45, 2.75) is 44.1 Å². The predicted molar refractivity (Wildman–Crippen MR) is 113 cm³/mol. The molecule has 0 atom stereocenters. The number of hydrazone groups is 1. The first-order valence-corrected chi connectivity index (χ1v) is 10.6. The van der Waals surface area contributed by atoms with Crippen molar-refractivity contribution in [1.29, 1.82) is 0 Å². The lowest BCUT2D eigenvalue weighted by atomic mass is 9.53. The Morgan fingerprint density at radius 2 is 1.59 bits per heavy atom. The van der Waals surface area contributed by atoms with E-state index in [0.717, 1.165) is 54.1 Å². The molecule has 0 aromatic heterocycles. The number of amides is 2. The summed E-state index contributed by atoms with van der Waals surface area (Å²) in [7, 11) is 0. The van der Waals surface area contributed by atoms with Crippen molar-refractivity contribution in [3.63, 3.8) is 0 Å². The molecular weight excluding hydrogens is 362 g/mol. The Balaban J connectivity index is 1.17. The van der Waals surface area contributed by atoms with Crippen molar-refractivity contribution in [2.24, 2.45) is 22.9 Å². The van der Waals surface area contributed by atoms with Gasteiger partial charge in [-0.2, -0.15) is 5.10 Å². The molecule has 0 radical (unpaired) electrons. The Morgan fingerprint density at radius 3 is 2.28 bits per heavy atom. The number of nitrogens with one attached hydrogen (secondary N) is 2. The number of nitrogens with zero attached hydrogens (tertiary/aromatic N) is 1. The lowest BCUT2D eigenvalue weighted by Crippen LogP contribution is -2.61. The molecule has 150 valence electrons. The van der Waals surface area contributed by atoms with Crippen LogP contribution in [0.15, 0.2) is 59.7 Å². The van der Waals surface area contributed by atoms with Gasteiger partial charge in [0.05, 0.1) is 6.21 Å². The molecule has 2 aromatic carbocycles. The molecule has 4 saturated carbocycles. The van der Waals surface area contributed by atoms with Crippen LogP contribution in [0.5, 0.6) is 11.5 Å². The number of rotatable bonds is 5. The minimum atomic E-state index is -0.195. The van der Waals surface area contributed by atoms with E-state index in [1.807, 2.05) is 54.6 Å². The minimum Gasteiger partial charge on any atom is -0.457 e. The Labute approximate surface area is 171 Å². The molecule has 2 amide bonds. The van der Waals surface area contributed by atoms with Crippen molar-refractivity contribution in [3.8, 4) is 11.5 Å². The number of carbonyl (C=O) groups is 1. The number of hydrogen-bond acceptors (Lipinski definition) is 3. The number of para-hydroxylation sites is 1. The summed E-state index contributed by atoms with van der Waals surface area (Å²) in [6.45, 7) is 0. The fourth-order valence-corrected chi connectivity index (χ4v) is 5.98. The van der Waals surface area contributed by atoms with Crippen molar-refractivity contribution >= 4 is 12.2 Å². The van der Waals surface area contributed by atoms with Crippen LogP contribution in [0, 0.1) is 17.8 Å². The molecule has 0 unspecified atom stereocenters. The number of ether oxygens (including phenoxy) is 1. The quantitative estimate of drug-likeness (QED) is 0.553. The van der Waals surface area contributed by atoms with E-state index in [4.69, 9.17) is 4.74 Å². The van der Waals surface area contributed by atoms with Crippen molar-refractivity contribution < 1.29 is 9.53 Å². The topological polar surface area (TPSA) is 62.7 Å². The van der Waals surface area contributed by atoms with Gasteiger partial charge < -0.3 is 10.1 Å². The monoisotopic (exact) mass is 389 g/mol. The van der Waals surface area contributed by atoms with Crippen LogP contribution in [-0.4, -0.2) is 17.8 Å². The van der Waals surface area contributed by atoms with Gasteiger partial charge in [0.15, 0.2) is 0 Å². The second-order valence-corrected chi connectivity index (χ2v) is 9.01. The summed E-state index contributed by atoms with van der Waals surface area (Å²) in [6.07, 6.45) is 9.14. The van der Waals surface area contributed by atoms with Crippen molar-refractivity contribution in [3.05, 3.63) is 60.2 Å². The summed E-state index contributed by atoms with van der Waals surface area (Å²) in [4.78, 5) is 12.5. The molecule has 5 heteroatoms. The number of benzene rings is 2. The molecule has 2 N–H and O–H groups in total. The van der Waals surface area contributed by atoms with Crippen LogP contribution in [0.2, 0.25) is 0 Å². The van der Waals surface area contributed by atoms with Gasteiger partial charge in [-0.05, 0) is 86.1 Å². The average molecular weight is 389 g/mol. The third-order valence-electron chi connectivity index (χ3n) is 6.63. The van der Waals surface area contributed by atoms with Gasteiger partial charge in [-0.3, -0.25) is 0 Å². The standard InChI is InChI=1S/C24H27N3O2/c28-23(26-24-13-18-9-19(14-24)11-20(10-18)15-24)27-25-16-17-5-4-8-22(12-17)29-21-6-2-1-3-7-21/h1-8,12,16,18-20H,9-11,13-15H2,(H2,26,27,28). The molecule has 4 bridgehead atoms. The molecular formula is C24H27N3O2. The van der Waals surface area contributed by atoms with Crippen LogP contribution in [0.4, 0.5) is 4.79 Å². The van der Waals surface area contributed by atoms with E-state index in [1.165, 1.54) is 19.3 Å². The summed E-state index contributed by atoms with van der Waals surface area (Å²) in [5.41, 5.74) is 3.52. The predicted octanol–water partition coefficient (Wildman–Crippen LogP) is 5.08. The van der Waals surface area contributed by atoms with Crippen LogP contribution in [0.3, 0.4) is 0 Å². The SMILES string of the molecule is O=C(NN=Cc1cccc(Oc2ccccc2)c1)NC12CC3CC(CC(C3)C1)C2. The first-order valence-electron chi connectivity index (χ1n) is 10.6. The maximum Gasteiger partial charge on any atom is 0.335 e. The van der Waals surface area contributed by atoms with Crippen LogP contribution < -0.4 is 15.5 Å². The van der Waals surface area contributed by atoms with E-state index in [-0.39, 0.29) is 11.6 Å². The maximum atomic E-state index is 12.5. The molecule has 2 aromatic rings. The van der Waals surface area contributed by atoms with Crippen LogP contribution in [0.1, 0.15) is 44.1 Å². The lowest BCUT2D eigenvalue weighted by Gasteiger charge is -2.56. The number of urea groups is 1. The van der Waals surface area contributed by atoms with Gasteiger partial charge >= 0.3 is 6.03 Å². The van der Waals surface area contributed by atoms with Gasteiger partial charge in [-0.25, -0.2) is 10.2 Å². The van der Waals surface area contributed by atoms with E-state index in [1.54, 1.807) is 6.21 Å². The van der Waals surface area contributed by atoms with Crippen molar-refractivity contribution in [2.75, 3.05) is 0 Å². The van der Waals surface area contributed by atoms with Gasteiger partial charge in [-0.15, -0.1) is 0 Å². The Hall–Kier alpha value is -2.82. The van der Waals surface area contributed by atoms with Crippen LogP contribution >= 0.6 is 0 Å². The van der Waals surface area contributed by atoms with E-state index < -0.39 is 0 Å². The van der Waals surface area contributed by atoms with E-state index >= 15 is 0 Å². The number of carbonyl (C=O) groups excluding carboxylic acids is 1. The average Bonchev–Trinajstić information content (AvgIpc) is 2.67. The zero-order chi connectivity index (χ0) is 19.7. The molecule has 29 heavy (non-hydrogen) atoms. The van der Waals surface area contributed by atoms with Gasteiger partial charge in [0.1, 0.15) is 11.5 Å². The molecule has 0 saturated heterocycles. The van der Waals surface area contributed by atoms with Gasteiger partial charge in [0.25, 0.3) is 0 Å². The molecule has 0 spiro atoms. The molecule has 0 aliphatic heterocycles. The minimum absolute atomic E-state index is 0.00219. The summed E-state index contributed by atoms with van der Waals surface area (Å²) in [5.74, 6) is 3.93. The van der Waals surface area contributed by atoms with Gasteiger partial charge in [0.2, 0.25) is 0 Å². The Kier molecular flexibility index (Phi) is 4.74. The second kappa shape index (κ2) is 7.54. The lowest BCUT2D eigenvalue weighted by molar-refractivity contribution is -0.0135. The molecule has 4 aliphatic carbocycles.